The Morgan fingerprint density at radius 1 is 1.65 bits per heavy atom. The van der Waals surface area contributed by atoms with Gasteiger partial charge in [0.25, 0.3) is 5.91 Å². The van der Waals surface area contributed by atoms with E-state index in [1.807, 2.05) is 24.9 Å². The van der Waals surface area contributed by atoms with Gasteiger partial charge in [-0.15, -0.1) is 11.6 Å². The summed E-state index contributed by atoms with van der Waals surface area (Å²) in [5.41, 5.74) is 1.56. The highest BCUT2D eigenvalue weighted by atomic mass is 35.5. The van der Waals surface area contributed by atoms with Crippen LogP contribution in [0, 0.1) is 12.8 Å². The predicted octanol–water partition coefficient (Wildman–Crippen LogP) is 1.82. The van der Waals surface area contributed by atoms with Crippen molar-refractivity contribution in [2.75, 3.05) is 19.0 Å². The van der Waals surface area contributed by atoms with Gasteiger partial charge in [-0.3, -0.25) is 9.48 Å². The molecule has 1 fully saturated rings. The van der Waals surface area contributed by atoms with Gasteiger partial charge >= 0.3 is 0 Å². The van der Waals surface area contributed by atoms with Gasteiger partial charge in [-0.05, 0) is 31.7 Å². The van der Waals surface area contributed by atoms with Crippen molar-refractivity contribution in [1.29, 1.82) is 0 Å². The van der Waals surface area contributed by atoms with Crippen molar-refractivity contribution < 1.29 is 4.79 Å². The van der Waals surface area contributed by atoms with Gasteiger partial charge in [0.15, 0.2) is 0 Å². The van der Waals surface area contributed by atoms with Crippen LogP contribution in [-0.2, 0) is 7.05 Å². The van der Waals surface area contributed by atoms with Crippen LogP contribution in [0.5, 0.6) is 0 Å². The first-order valence-corrected chi connectivity index (χ1v) is 6.51. The lowest BCUT2D eigenvalue weighted by molar-refractivity contribution is 0.0776. The average molecular weight is 256 g/mol. The standard InChI is InChI=1S/C12H18ClN3O/c1-9-7-11(15(2)14-9)12(17)16-6-4-10(8-16)3-5-13/h7,10H,3-6,8H2,1-2H3. The smallest absolute Gasteiger partial charge is 0.272 e. The largest absolute Gasteiger partial charge is 0.337 e. The van der Waals surface area contributed by atoms with E-state index in [9.17, 15) is 4.79 Å². The molecule has 0 radical (unpaired) electrons. The van der Waals surface area contributed by atoms with Gasteiger partial charge in [0.1, 0.15) is 5.69 Å². The number of nitrogens with zero attached hydrogens (tertiary/aromatic N) is 3. The summed E-state index contributed by atoms with van der Waals surface area (Å²) < 4.78 is 1.66. The van der Waals surface area contributed by atoms with Crippen LogP contribution < -0.4 is 0 Å². The quantitative estimate of drug-likeness (QED) is 0.773. The maximum absolute atomic E-state index is 12.3. The number of aryl methyl sites for hydroxylation is 2. The minimum absolute atomic E-state index is 0.0881. The van der Waals surface area contributed by atoms with Gasteiger partial charge in [-0.2, -0.15) is 5.10 Å². The lowest BCUT2D eigenvalue weighted by Gasteiger charge is -2.16. The average Bonchev–Trinajstić information content (AvgIpc) is 2.85. The molecule has 1 atom stereocenters. The summed E-state index contributed by atoms with van der Waals surface area (Å²) in [6, 6.07) is 1.84. The highest BCUT2D eigenvalue weighted by Crippen LogP contribution is 2.21. The van der Waals surface area contributed by atoms with E-state index in [1.165, 1.54) is 0 Å². The first-order valence-electron chi connectivity index (χ1n) is 5.97. The summed E-state index contributed by atoms with van der Waals surface area (Å²) in [7, 11) is 1.81. The summed E-state index contributed by atoms with van der Waals surface area (Å²) in [6.07, 6.45) is 2.06. The fourth-order valence-electron chi connectivity index (χ4n) is 2.38. The van der Waals surface area contributed by atoms with Crippen molar-refractivity contribution in [3.63, 3.8) is 0 Å². The summed E-state index contributed by atoms with van der Waals surface area (Å²) in [5.74, 6) is 1.33. The molecule has 1 amide bonds. The number of hydrogen-bond donors (Lipinski definition) is 0. The van der Waals surface area contributed by atoms with Crippen LogP contribution in [0.2, 0.25) is 0 Å². The molecular weight excluding hydrogens is 238 g/mol. The second-order valence-electron chi connectivity index (χ2n) is 4.68. The molecule has 1 unspecified atom stereocenters. The van der Waals surface area contributed by atoms with Crippen molar-refractivity contribution in [1.82, 2.24) is 14.7 Å². The van der Waals surface area contributed by atoms with Gasteiger partial charge in [-0.1, -0.05) is 0 Å². The van der Waals surface area contributed by atoms with Crippen molar-refractivity contribution in [2.45, 2.75) is 19.8 Å². The fraction of sp³-hybridized carbons (Fsp3) is 0.667. The Morgan fingerprint density at radius 2 is 2.41 bits per heavy atom. The van der Waals surface area contributed by atoms with Crippen LogP contribution in [0.3, 0.4) is 0 Å². The van der Waals surface area contributed by atoms with E-state index in [1.54, 1.807) is 4.68 Å². The number of rotatable bonds is 3. The van der Waals surface area contributed by atoms with Gasteiger partial charge in [0, 0.05) is 26.0 Å². The molecule has 0 aliphatic carbocycles. The molecule has 1 aromatic heterocycles. The first kappa shape index (κ1) is 12.4. The SMILES string of the molecule is Cc1cc(C(=O)N2CCC(CCCl)C2)n(C)n1. The molecule has 0 bridgehead atoms. The summed E-state index contributed by atoms with van der Waals surface area (Å²) in [6.45, 7) is 3.57. The number of carbonyl (C=O) groups excluding carboxylic acids is 1. The minimum atomic E-state index is 0.0881. The zero-order valence-electron chi connectivity index (χ0n) is 10.3. The third kappa shape index (κ3) is 2.63. The molecule has 94 valence electrons. The van der Waals surface area contributed by atoms with E-state index < -0.39 is 0 Å². The topological polar surface area (TPSA) is 38.1 Å². The van der Waals surface area contributed by atoms with E-state index in [0.29, 0.717) is 17.5 Å². The van der Waals surface area contributed by atoms with E-state index in [2.05, 4.69) is 5.10 Å². The number of hydrogen-bond acceptors (Lipinski definition) is 2. The number of aromatic nitrogens is 2. The fourth-order valence-corrected chi connectivity index (χ4v) is 2.69. The molecule has 0 saturated carbocycles. The molecule has 1 aliphatic rings. The van der Waals surface area contributed by atoms with Crippen LogP contribution in [0.4, 0.5) is 0 Å². The lowest BCUT2D eigenvalue weighted by atomic mass is 10.1. The summed E-state index contributed by atoms with van der Waals surface area (Å²) in [5, 5.41) is 4.21. The van der Waals surface area contributed by atoms with Crippen LogP contribution in [0.15, 0.2) is 6.07 Å². The number of likely N-dealkylation sites (tertiary alicyclic amines) is 1. The molecule has 2 rings (SSSR count). The van der Waals surface area contributed by atoms with Gasteiger partial charge in [-0.25, -0.2) is 0 Å². The molecule has 1 aromatic rings. The second kappa shape index (κ2) is 5.08. The summed E-state index contributed by atoms with van der Waals surface area (Å²) >= 11 is 5.74. The van der Waals surface area contributed by atoms with Gasteiger partial charge in [0.05, 0.1) is 5.69 Å². The molecule has 1 aliphatic heterocycles. The van der Waals surface area contributed by atoms with E-state index in [-0.39, 0.29) is 5.91 Å². The monoisotopic (exact) mass is 255 g/mol. The maximum atomic E-state index is 12.3. The highest BCUT2D eigenvalue weighted by Gasteiger charge is 2.27. The zero-order chi connectivity index (χ0) is 12.4. The van der Waals surface area contributed by atoms with Gasteiger partial charge < -0.3 is 4.90 Å². The molecule has 0 aromatic carbocycles. The summed E-state index contributed by atoms with van der Waals surface area (Å²) in [4.78, 5) is 14.2. The van der Waals surface area contributed by atoms with Crippen LogP contribution in [0.25, 0.3) is 0 Å². The first-order chi connectivity index (χ1) is 8.11. The van der Waals surface area contributed by atoms with Crippen LogP contribution >= 0.6 is 11.6 Å². The lowest BCUT2D eigenvalue weighted by Crippen LogP contribution is -2.30. The Bertz CT molecular complexity index is 416. The maximum Gasteiger partial charge on any atom is 0.272 e. The number of carbonyl (C=O) groups is 1. The molecule has 5 heteroatoms. The Kier molecular flexibility index (Phi) is 3.72. The molecule has 1 saturated heterocycles. The van der Waals surface area contributed by atoms with Crippen LogP contribution in [-0.4, -0.2) is 39.6 Å². The molecule has 2 heterocycles. The molecular formula is C12H18ClN3O. The zero-order valence-corrected chi connectivity index (χ0v) is 11.1. The van der Waals surface area contributed by atoms with E-state index >= 15 is 0 Å². The Morgan fingerprint density at radius 3 is 3.00 bits per heavy atom. The van der Waals surface area contributed by atoms with Crippen molar-refractivity contribution in [2.24, 2.45) is 13.0 Å². The number of halogens is 1. The Balaban J connectivity index is 2.04. The predicted molar refractivity (Wildman–Crippen MR) is 67.3 cm³/mol. The van der Waals surface area contributed by atoms with Crippen molar-refractivity contribution >= 4 is 17.5 Å². The molecule has 0 N–H and O–H groups in total. The highest BCUT2D eigenvalue weighted by molar-refractivity contribution is 6.17. The van der Waals surface area contributed by atoms with Crippen molar-refractivity contribution in [3.05, 3.63) is 17.5 Å². The Hall–Kier alpha value is -1.03. The van der Waals surface area contributed by atoms with E-state index in [0.717, 1.165) is 31.6 Å². The van der Waals surface area contributed by atoms with Crippen molar-refractivity contribution in [3.8, 4) is 0 Å². The minimum Gasteiger partial charge on any atom is -0.337 e. The van der Waals surface area contributed by atoms with E-state index in [4.69, 9.17) is 11.6 Å². The molecule has 17 heavy (non-hydrogen) atoms. The molecule has 0 spiro atoms. The van der Waals surface area contributed by atoms with Gasteiger partial charge in [0.2, 0.25) is 0 Å². The number of alkyl halides is 1. The second-order valence-corrected chi connectivity index (χ2v) is 5.06. The Labute approximate surface area is 107 Å². The third-order valence-corrected chi connectivity index (χ3v) is 3.53. The third-order valence-electron chi connectivity index (χ3n) is 3.31. The molecule has 4 nitrogen and oxygen atoms in total. The normalized spacial score (nSPS) is 19.9. The number of amides is 1. The van der Waals surface area contributed by atoms with Crippen LogP contribution in [0.1, 0.15) is 29.0 Å².